The van der Waals surface area contributed by atoms with E-state index in [1.807, 2.05) is 35.0 Å². The molecule has 0 amide bonds. The van der Waals surface area contributed by atoms with Gasteiger partial charge in [-0.1, -0.05) is 6.07 Å². The third-order valence-corrected chi connectivity index (χ3v) is 3.25. The second-order valence-corrected chi connectivity index (χ2v) is 4.63. The van der Waals surface area contributed by atoms with Crippen molar-refractivity contribution in [3.05, 3.63) is 52.5 Å². The molecule has 90 valence electrons. The summed E-state index contributed by atoms with van der Waals surface area (Å²) in [5, 5.41) is 17.0. The summed E-state index contributed by atoms with van der Waals surface area (Å²) in [6.45, 7) is 1.42. The van der Waals surface area contributed by atoms with E-state index >= 15 is 0 Å². The Labute approximate surface area is 105 Å². The number of hydrogen-bond donors (Lipinski definition) is 2. The fourth-order valence-corrected chi connectivity index (χ4v) is 2.29. The maximum Gasteiger partial charge on any atom is 0.0922 e. The average molecular weight is 248 g/mol. The Morgan fingerprint density at radius 1 is 1.35 bits per heavy atom. The minimum atomic E-state index is -0.412. The highest BCUT2D eigenvalue weighted by Gasteiger charge is 2.06. The number of hydrogen-bond acceptors (Lipinski definition) is 4. The molecule has 1 unspecified atom stereocenters. The standard InChI is InChI=1S/C13H16N2OS/c16-13(11-5-8-17-10-11)9-14-7-4-12-3-1-2-6-15-12/h1-3,5-6,8,10,13-14,16H,4,7,9H2. The first-order valence-corrected chi connectivity index (χ1v) is 6.61. The number of pyridine rings is 1. The molecule has 0 aliphatic rings. The first kappa shape index (κ1) is 12.2. The molecule has 0 bridgehead atoms. The van der Waals surface area contributed by atoms with Gasteiger partial charge < -0.3 is 10.4 Å². The summed E-state index contributed by atoms with van der Waals surface area (Å²) in [6, 6.07) is 7.87. The zero-order chi connectivity index (χ0) is 11.9. The Kier molecular flexibility index (Phi) is 4.67. The van der Waals surface area contributed by atoms with Crippen molar-refractivity contribution in [2.75, 3.05) is 13.1 Å². The summed E-state index contributed by atoms with van der Waals surface area (Å²) < 4.78 is 0. The average Bonchev–Trinajstić information content (AvgIpc) is 2.89. The topological polar surface area (TPSA) is 45.1 Å². The SMILES string of the molecule is OC(CNCCc1ccccn1)c1ccsc1. The molecule has 2 aromatic heterocycles. The van der Waals surface area contributed by atoms with E-state index in [2.05, 4.69) is 10.3 Å². The van der Waals surface area contributed by atoms with Crippen molar-refractivity contribution in [1.29, 1.82) is 0 Å². The summed E-state index contributed by atoms with van der Waals surface area (Å²) >= 11 is 1.61. The summed E-state index contributed by atoms with van der Waals surface area (Å²) in [5.74, 6) is 0. The number of nitrogens with one attached hydrogen (secondary N) is 1. The highest BCUT2D eigenvalue weighted by Crippen LogP contribution is 2.14. The molecule has 0 radical (unpaired) electrons. The minimum Gasteiger partial charge on any atom is -0.387 e. The van der Waals surface area contributed by atoms with Crippen molar-refractivity contribution < 1.29 is 5.11 Å². The Morgan fingerprint density at radius 3 is 3.00 bits per heavy atom. The molecule has 2 heterocycles. The van der Waals surface area contributed by atoms with Gasteiger partial charge in [-0.3, -0.25) is 4.98 Å². The third-order valence-electron chi connectivity index (χ3n) is 2.55. The van der Waals surface area contributed by atoms with E-state index in [1.165, 1.54) is 0 Å². The van der Waals surface area contributed by atoms with Gasteiger partial charge in [0.2, 0.25) is 0 Å². The van der Waals surface area contributed by atoms with Gasteiger partial charge in [0.15, 0.2) is 0 Å². The fraction of sp³-hybridized carbons (Fsp3) is 0.308. The molecule has 0 saturated heterocycles. The maximum atomic E-state index is 9.84. The molecule has 0 saturated carbocycles. The molecule has 0 aliphatic carbocycles. The monoisotopic (exact) mass is 248 g/mol. The van der Waals surface area contributed by atoms with E-state index in [9.17, 15) is 5.11 Å². The van der Waals surface area contributed by atoms with E-state index in [4.69, 9.17) is 0 Å². The zero-order valence-electron chi connectivity index (χ0n) is 9.54. The van der Waals surface area contributed by atoms with Gasteiger partial charge >= 0.3 is 0 Å². The van der Waals surface area contributed by atoms with Crippen LogP contribution in [-0.2, 0) is 6.42 Å². The molecule has 0 fully saturated rings. The molecule has 17 heavy (non-hydrogen) atoms. The molecule has 0 spiro atoms. The number of rotatable bonds is 6. The molecular formula is C13H16N2OS. The molecule has 0 aliphatic heterocycles. The predicted molar refractivity (Wildman–Crippen MR) is 70.1 cm³/mol. The molecule has 2 N–H and O–H groups in total. The van der Waals surface area contributed by atoms with Crippen molar-refractivity contribution in [2.45, 2.75) is 12.5 Å². The smallest absolute Gasteiger partial charge is 0.0922 e. The second-order valence-electron chi connectivity index (χ2n) is 3.85. The highest BCUT2D eigenvalue weighted by molar-refractivity contribution is 7.07. The van der Waals surface area contributed by atoms with Crippen LogP contribution < -0.4 is 5.32 Å². The van der Waals surface area contributed by atoms with E-state index in [0.717, 1.165) is 24.2 Å². The van der Waals surface area contributed by atoms with Gasteiger partial charge in [-0.05, 0) is 34.5 Å². The molecule has 0 aromatic carbocycles. The van der Waals surface area contributed by atoms with Crippen LogP contribution in [-0.4, -0.2) is 23.2 Å². The lowest BCUT2D eigenvalue weighted by Crippen LogP contribution is -2.23. The zero-order valence-corrected chi connectivity index (χ0v) is 10.4. The van der Waals surface area contributed by atoms with Crippen LogP contribution in [0.3, 0.4) is 0 Å². The third kappa shape index (κ3) is 3.93. The van der Waals surface area contributed by atoms with Crippen LogP contribution in [0.4, 0.5) is 0 Å². The van der Waals surface area contributed by atoms with Crippen LogP contribution in [0.5, 0.6) is 0 Å². The van der Waals surface area contributed by atoms with Crippen LogP contribution in [0.25, 0.3) is 0 Å². The van der Waals surface area contributed by atoms with Gasteiger partial charge in [0.25, 0.3) is 0 Å². The molecule has 2 rings (SSSR count). The van der Waals surface area contributed by atoms with Crippen LogP contribution in [0.1, 0.15) is 17.4 Å². The van der Waals surface area contributed by atoms with Crippen molar-refractivity contribution in [2.24, 2.45) is 0 Å². The highest BCUT2D eigenvalue weighted by atomic mass is 32.1. The second kappa shape index (κ2) is 6.49. The Bertz CT molecular complexity index is 416. The lowest BCUT2D eigenvalue weighted by atomic mass is 10.2. The summed E-state index contributed by atoms with van der Waals surface area (Å²) in [7, 11) is 0. The Balaban J connectivity index is 1.67. The first-order chi connectivity index (χ1) is 8.36. The van der Waals surface area contributed by atoms with E-state index in [0.29, 0.717) is 6.54 Å². The number of aliphatic hydroxyl groups is 1. The van der Waals surface area contributed by atoms with Gasteiger partial charge in [0.05, 0.1) is 6.10 Å². The maximum absolute atomic E-state index is 9.84. The summed E-state index contributed by atoms with van der Waals surface area (Å²) in [5.41, 5.74) is 2.06. The van der Waals surface area contributed by atoms with Gasteiger partial charge in [-0.15, -0.1) is 0 Å². The normalized spacial score (nSPS) is 12.5. The number of thiophene rings is 1. The molecular weight excluding hydrogens is 232 g/mol. The van der Waals surface area contributed by atoms with E-state index < -0.39 is 6.10 Å². The first-order valence-electron chi connectivity index (χ1n) is 5.67. The van der Waals surface area contributed by atoms with Crippen LogP contribution >= 0.6 is 11.3 Å². The minimum absolute atomic E-state index is 0.412. The van der Waals surface area contributed by atoms with Gasteiger partial charge in [-0.25, -0.2) is 0 Å². The van der Waals surface area contributed by atoms with Gasteiger partial charge in [0.1, 0.15) is 0 Å². The Morgan fingerprint density at radius 2 is 2.29 bits per heavy atom. The lowest BCUT2D eigenvalue weighted by Gasteiger charge is -2.10. The lowest BCUT2D eigenvalue weighted by molar-refractivity contribution is 0.175. The summed E-state index contributed by atoms with van der Waals surface area (Å²) in [4.78, 5) is 4.24. The van der Waals surface area contributed by atoms with Crippen molar-refractivity contribution in [1.82, 2.24) is 10.3 Å². The predicted octanol–water partition coefficient (Wildman–Crippen LogP) is 2.01. The molecule has 3 nitrogen and oxygen atoms in total. The van der Waals surface area contributed by atoms with Crippen molar-refractivity contribution >= 4 is 11.3 Å². The van der Waals surface area contributed by atoms with Crippen LogP contribution in [0.2, 0.25) is 0 Å². The van der Waals surface area contributed by atoms with Crippen molar-refractivity contribution in [3.8, 4) is 0 Å². The van der Waals surface area contributed by atoms with Gasteiger partial charge in [-0.2, -0.15) is 11.3 Å². The molecule has 1 atom stereocenters. The number of aliphatic hydroxyl groups excluding tert-OH is 1. The number of aromatic nitrogens is 1. The largest absolute Gasteiger partial charge is 0.387 e. The number of nitrogens with zero attached hydrogens (tertiary/aromatic N) is 1. The van der Waals surface area contributed by atoms with Crippen molar-refractivity contribution in [3.63, 3.8) is 0 Å². The quantitative estimate of drug-likeness (QED) is 0.769. The Hall–Kier alpha value is -1.23. The van der Waals surface area contributed by atoms with E-state index in [1.54, 1.807) is 17.5 Å². The summed E-state index contributed by atoms with van der Waals surface area (Å²) in [6.07, 6.45) is 2.28. The van der Waals surface area contributed by atoms with Crippen LogP contribution in [0, 0.1) is 0 Å². The van der Waals surface area contributed by atoms with Gasteiger partial charge in [0, 0.05) is 31.4 Å². The van der Waals surface area contributed by atoms with E-state index in [-0.39, 0.29) is 0 Å². The molecule has 4 heteroatoms. The van der Waals surface area contributed by atoms with Crippen LogP contribution in [0.15, 0.2) is 41.2 Å². The molecule has 2 aromatic rings. The fourth-order valence-electron chi connectivity index (χ4n) is 1.58.